The quantitative estimate of drug-likeness (QED) is 0.285. The fourth-order valence-corrected chi connectivity index (χ4v) is 5.51. The third-order valence-corrected chi connectivity index (χ3v) is 7.34. The number of aryl methyl sites for hydroxylation is 1. The molecule has 2 aliphatic rings. The molecule has 198 valence electrons. The average Bonchev–Trinajstić information content (AvgIpc) is 3.42. The van der Waals surface area contributed by atoms with E-state index in [0.717, 1.165) is 0 Å². The van der Waals surface area contributed by atoms with E-state index in [2.05, 4.69) is 10.4 Å². The summed E-state index contributed by atoms with van der Waals surface area (Å²) in [5, 5.41) is 6.85. The van der Waals surface area contributed by atoms with Crippen LogP contribution in [0.2, 0.25) is 0 Å². The lowest BCUT2D eigenvalue weighted by Crippen LogP contribution is -2.47. The van der Waals surface area contributed by atoms with Crippen molar-refractivity contribution in [2.24, 2.45) is 18.4 Å². The van der Waals surface area contributed by atoms with E-state index in [9.17, 15) is 39.9 Å². The van der Waals surface area contributed by atoms with Crippen molar-refractivity contribution in [2.45, 2.75) is 61.9 Å². The summed E-state index contributed by atoms with van der Waals surface area (Å²) in [6.07, 6.45) is -8.47. The number of carbonyl (C=O) groups is 1. The Bertz CT molecular complexity index is 1180. The number of halogens is 8. The van der Waals surface area contributed by atoms with E-state index in [-0.39, 0.29) is 5.69 Å². The highest BCUT2D eigenvalue weighted by Gasteiger charge is 2.60. The Hall–Kier alpha value is -2.38. The lowest BCUT2D eigenvalue weighted by Gasteiger charge is -2.44. The van der Waals surface area contributed by atoms with Crippen LogP contribution >= 0.6 is 11.8 Å². The summed E-state index contributed by atoms with van der Waals surface area (Å²) in [4.78, 5) is 13.2. The molecular weight excluding hydrogens is 520 g/mol. The average molecular weight is 544 g/mol. The summed E-state index contributed by atoms with van der Waals surface area (Å²) in [6, 6.07) is 2.96. The molecule has 4 rings (SSSR count). The molecule has 36 heavy (non-hydrogen) atoms. The van der Waals surface area contributed by atoms with Gasteiger partial charge in [0.1, 0.15) is 18.3 Å². The van der Waals surface area contributed by atoms with Gasteiger partial charge in [0.05, 0.1) is 17.3 Å². The molecule has 2 aromatic heterocycles. The minimum Gasteiger partial charge on any atom is -0.320 e. The van der Waals surface area contributed by atoms with Gasteiger partial charge in [0, 0.05) is 37.4 Å². The van der Waals surface area contributed by atoms with Crippen molar-refractivity contribution in [3.05, 3.63) is 35.3 Å². The van der Waals surface area contributed by atoms with Crippen LogP contribution in [0.25, 0.3) is 0 Å². The molecule has 2 saturated carbocycles. The van der Waals surface area contributed by atoms with Gasteiger partial charge in [-0.3, -0.25) is 9.48 Å². The predicted octanol–water partition coefficient (Wildman–Crippen LogP) is 5.80. The molecule has 2 aliphatic carbocycles. The summed E-state index contributed by atoms with van der Waals surface area (Å²) in [5.74, 6) is -7.82. The molecule has 1 N–H and O–H groups in total. The Morgan fingerprint density at radius 2 is 1.89 bits per heavy atom. The summed E-state index contributed by atoms with van der Waals surface area (Å²) < 4.78 is 112. The molecule has 0 spiro atoms. The van der Waals surface area contributed by atoms with Gasteiger partial charge in [-0.15, -0.1) is 0 Å². The van der Waals surface area contributed by atoms with Crippen molar-refractivity contribution in [3.8, 4) is 0 Å². The molecule has 0 radical (unpaired) electrons. The number of thioether (sulfide) groups is 1. The van der Waals surface area contributed by atoms with Gasteiger partial charge in [-0.2, -0.15) is 36.0 Å². The van der Waals surface area contributed by atoms with Crippen molar-refractivity contribution in [1.29, 1.82) is 0 Å². The maximum absolute atomic E-state index is 14.2. The first-order valence-corrected chi connectivity index (χ1v) is 12.1. The summed E-state index contributed by atoms with van der Waals surface area (Å²) >= 11 is 1.32. The van der Waals surface area contributed by atoms with Crippen molar-refractivity contribution < 1.29 is 44.5 Å². The zero-order valence-corrected chi connectivity index (χ0v) is 20.2. The van der Waals surface area contributed by atoms with Crippen molar-refractivity contribution in [3.63, 3.8) is 0 Å². The Kier molecular flexibility index (Phi) is 6.36. The van der Waals surface area contributed by atoms with Crippen LogP contribution in [0.15, 0.2) is 23.4 Å². The highest BCUT2D eigenvalue weighted by atomic mass is 32.2. The van der Waals surface area contributed by atoms with Gasteiger partial charge in [0.15, 0.2) is 6.20 Å². The van der Waals surface area contributed by atoms with Crippen LogP contribution in [0.5, 0.6) is 0 Å². The second kappa shape index (κ2) is 8.59. The normalized spacial score (nSPS) is 22.8. The predicted molar refractivity (Wildman–Crippen MR) is 114 cm³/mol. The van der Waals surface area contributed by atoms with Crippen molar-refractivity contribution in [2.75, 3.05) is 11.6 Å². The first kappa shape index (κ1) is 26.7. The summed E-state index contributed by atoms with van der Waals surface area (Å²) in [5.41, 5.74) is -4.44. The monoisotopic (exact) mass is 543 g/mol. The topological polar surface area (TPSA) is 50.8 Å². The number of hydrogen-bond donors (Lipinski definition) is 1. The molecule has 0 aromatic carbocycles. The number of carbonyl (C=O) groups excluding carboxylic acids is 1. The second-order valence-corrected chi connectivity index (χ2v) is 10.6. The maximum Gasteiger partial charge on any atom is 0.420 e. The largest absolute Gasteiger partial charge is 0.420 e. The Balaban J connectivity index is 1.78. The Morgan fingerprint density at radius 3 is 2.39 bits per heavy atom. The zero-order chi connectivity index (χ0) is 26.8. The molecule has 2 fully saturated rings. The number of nitrogens with one attached hydrogen (secondary N) is 1. The van der Waals surface area contributed by atoms with Gasteiger partial charge < -0.3 is 5.32 Å². The van der Waals surface area contributed by atoms with Gasteiger partial charge in [-0.1, -0.05) is 18.7 Å². The number of alkyl halides is 8. The minimum atomic E-state index is -5.20. The van der Waals surface area contributed by atoms with E-state index >= 15 is 0 Å². The van der Waals surface area contributed by atoms with E-state index in [0.29, 0.717) is 9.71 Å². The number of pyridine rings is 1. The molecule has 1 amide bonds. The van der Waals surface area contributed by atoms with Crippen LogP contribution in [-0.4, -0.2) is 34.0 Å². The van der Waals surface area contributed by atoms with E-state index < -0.39 is 84.2 Å². The second-order valence-electron chi connectivity index (χ2n) is 9.80. The molecule has 2 atom stereocenters. The molecule has 5 nitrogen and oxygen atoms in total. The fourth-order valence-electron chi connectivity index (χ4n) is 4.91. The van der Waals surface area contributed by atoms with Crippen LogP contribution in [0.3, 0.4) is 0 Å². The van der Waals surface area contributed by atoms with Gasteiger partial charge in [0.2, 0.25) is 10.9 Å². The van der Waals surface area contributed by atoms with Gasteiger partial charge >= 0.3 is 12.4 Å². The molecule has 0 bridgehead atoms. The number of nitrogens with zero attached hydrogens (tertiary/aromatic N) is 3. The first-order chi connectivity index (χ1) is 16.4. The van der Waals surface area contributed by atoms with Crippen molar-refractivity contribution >= 4 is 23.4 Å². The van der Waals surface area contributed by atoms with Crippen LogP contribution in [0.1, 0.15) is 53.8 Å². The first-order valence-electron chi connectivity index (χ1n) is 10.9. The standard InChI is InChI=1S/C22H22F8N4OS/c1-19(8-20(23,24)9-19)10-34-17(18(35)31-11-4-5-33(2)14(6-11)36-3)15(22(28,29)30)16(32-34)12-7-13(12)21(25,26)27/h4-6,12-13H,7-10H2,1-3H3/p+1. The number of aromatic nitrogens is 3. The highest BCUT2D eigenvalue weighted by molar-refractivity contribution is 7.98. The third-order valence-electron chi connectivity index (χ3n) is 6.51. The molecule has 2 heterocycles. The molecule has 0 aliphatic heterocycles. The van der Waals surface area contributed by atoms with Crippen LogP contribution in [0.4, 0.5) is 40.8 Å². The van der Waals surface area contributed by atoms with Crippen LogP contribution in [-0.2, 0) is 19.8 Å². The molecule has 2 unspecified atom stereocenters. The van der Waals surface area contributed by atoms with Gasteiger partial charge in [0.25, 0.3) is 5.91 Å². The van der Waals surface area contributed by atoms with Gasteiger partial charge in [-0.25, -0.2) is 8.78 Å². The minimum absolute atomic E-state index is 0.158. The zero-order valence-electron chi connectivity index (χ0n) is 19.4. The van der Waals surface area contributed by atoms with E-state index in [1.807, 2.05) is 0 Å². The molecule has 0 saturated heterocycles. The maximum atomic E-state index is 14.2. The van der Waals surface area contributed by atoms with Crippen LogP contribution in [0, 0.1) is 11.3 Å². The van der Waals surface area contributed by atoms with E-state index in [1.54, 1.807) is 24.1 Å². The fraction of sp³-hybridized carbons (Fsp3) is 0.591. The molecular formula is C22H23F8N4OS+. The summed E-state index contributed by atoms with van der Waals surface area (Å²) in [6.45, 7) is 0.940. The number of amides is 1. The highest BCUT2D eigenvalue weighted by Crippen LogP contribution is 2.58. The Morgan fingerprint density at radius 1 is 1.25 bits per heavy atom. The molecule has 14 heteroatoms. The third kappa shape index (κ3) is 5.18. The SMILES string of the molecule is CSc1cc(NC(=O)c2c(C(F)(F)F)c(C3CC3C(F)(F)F)nn2CC2(C)CC(F)(F)C2)cc[n+]1C. The van der Waals surface area contributed by atoms with Crippen LogP contribution < -0.4 is 9.88 Å². The number of rotatable bonds is 6. The van der Waals surface area contributed by atoms with E-state index in [4.69, 9.17) is 0 Å². The van der Waals surface area contributed by atoms with Gasteiger partial charge in [-0.05, 0) is 18.1 Å². The lowest BCUT2D eigenvalue weighted by molar-refractivity contribution is -0.708. The molecule has 2 aromatic rings. The summed E-state index contributed by atoms with van der Waals surface area (Å²) in [7, 11) is 1.72. The smallest absolute Gasteiger partial charge is 0.320 e. The Labute approximate surface area is 205 Å². The number of anilines is 1. The van der Waals surface area contributed by atoms with Crippen molar-refractivity contribution in [1.82, 2.24) is 9.78 Å². The lowest BCUT2D eigenvalue weighted by atomic mass is 9.67. The van der Waals surface area contributed by atoms with E-state index in [1.165, 1.54) is 30.8 Å². The number of hydrogen-bond acceptors (Lipinski definition) is 3.